The van der Waals surface area contributed by atoms with Crippen molar-refractivity contribution in [2.24, 2.45) is 0 Å². The Morgan fingerprint density at radius 1 is 1.03 bits per heavy atom. The molecule has 4 rings (SSSR count). The average Bonchev–Trinajstić information content (AvgIpc) is 3.21. The van der Waals surface area contributed by atoms with E-state index in [9.17, 15) is 43.9 Å². The minimum Gasteiger partial charge on any atom is -0.300 e. The number of rotatable bonds is 6. The number of sulfone groups is 1. The Balaban J connectivity index is 1.92. The van der Waals surface area contributed by atoms with Gasteiger partial charge in [-0.25, -0.2) is 12.8 Å². The lowest BCUT2D eigenvalue weighted by Gasteiger charge is -2.43. The van der Waals surface area contributed by atoms with E-state index in [-0.39, 0.29) is 60.6 Å². The van der Waals surface area contributed by atoms with E-state index in [1.165, 1.54) is 19.1 Å². The van der Waals surface area contributed by atoms with Crippen LogP contribution in [0.3, 0.4) is 0 Å². The quantitative estimate of drug-likeness (QED) is 0.268. The van der Waals surface area contributed by atoms with Gasteiger partial charge in [0.25, 0.3) is 0 Å². The molecule has 2 atom stereocenters. The number of carbonyl (C=O) groups is 1. The Morgan fingerprint density at radius 2 is 1.63 bits per heavy atom. The van der Waals surface area contributed by atoms with Crippen molar-refractivity contribution in [3.05, 3.63) is 62.7 Å². The second kappa shape index (κ2) is 9.72. The van der Waals surface area contributed by atoms with E-state index in [1.807, 2.05) is 27.5 Å². The molecule has 38 heavy (non-hydrogen) atoms. The number of aryl methyl sites for hydroxylation is 1. The number of halogens is 8. The summed E-state index contributed by atoms with van der Waals surface area (Å²) in [5.74, 6) is -0.109. The lowest BCUT2D eigenvalue weighted by atomic mass is 9.76. The molecule has 0 spiro atoms. The Kier molecular flexibility index (Phi) is 7.48. The summed E-state index contributed by atoms with van der Waals surface area (Å²) in [5.41, 5.74) is -7.26. The first-order valence-electron chi connectivity index (χ1n) is 11.7. The van der Waals surface area contributed by atoms with Crippen molar-refractivity contribution in [1.29, 1.82) is 0 Å². The lowest BCUT2D eigenvalue weighted by molar-refractivity contribution is -0.348. The number of benzene rings is 2. The molecule has 0 N–H and O–H groups in total. The van der Waals surface area contributed by atoms with E-state index in [0.717, 1.165) is 9.64 Å². The summed E-state index contributed by atoms with van der Waals surface area (Å²) < 4.78 is 123. The van der Waals surface area contributed by atoms with Gasteiger partial charge in [-0.15, -0.1) is 0 Å². The van der Waals surface area contributed by atoms with Crippen LogP contribution in [-0.2, 0) is 31.5 Å². The summed E-state index contributed by atoms with van der Waals surface area (Å²) in [6, 6.07) is 7.11. The molecule has 2 aliphatic rings. The molecular formula is C25H23F7INO3S. The molecule has 1 aliphatic heterocycles. The van der Waals surface area contributed by atoms with Crippen molar-refractivity contribution in [1.82, 2.24) is 4.90 Å². The predicted octanol–water partition coefficient (Wildman–Crippen LogP) is 6.25. The minimum atomic E-state index is -6.28. The maximum absolute atomic E-state index is 14.8. The van der Waals surface area contributed by atoms with E-state index in [1.54, 1.807) is 12.1 Å². The molecule has 2 aromatic rings. The first-order chi connectivity index (χ1) is 17.5. The fourth-order valence-corrected chi connectivity index (χ4v) is 8.46. The number of hydrogen-bond donors (Lipinski definition) is 0. The number of likely N-dealkylation sites (tertiary alicyclic amines) is 1. The van der Waals surface area contributed by atoms with Gasteiger partial charge in [0, 0.05) is 34.7 Å². The highest BCUT2D eigenvalue weighted by Gasteiger charge is 2.73. The van der Waals surface area contributed by atoms with Crippen molar-refractivity contribution >= 4 is 38.2 Å². The molecule has 1 heterocycles. The zero-order valence-electron chi connectivity index (χ0n) is 20.0. The molecule has 0 aromatic heterocycles. The molecule has 0 unspecified atom stereocenters. The largest absolute Gasteiger partial charge is 0.435 e. The normalized spacial score (nSPS) is 22.7. The van der Waals surface area contributed by atoms with Crippen molar-refractivity contribution < 1.29 is 43.9 Å². The maximum atomic E-state index is 14.8. The molecule has 4 nitrogen and oxygen atoms in total. The molecule has 13 heteroatoms. The highest BCUT2D eigenvalue weighted by Crippen LogP contribution is 2.56. The molecule has 208 valence electrons. The second-order valence-electron chi connectivity index (χ2n) is 9.67. The highest BCUT2D eigenvalue weighted by atomic mass is 127. The van der Waals surface area contributed by atoms with Crippen LogP contribution in [0.15, 0.2) is 47.4 Å². The Labute approximate surface area is 228 Å². The van der Waals surface area contributed by atoms with Crippen molar-refractivity contribution in [2.75, 3.05) is 13.1 Å². The molecule has 1 aliphatic carbocycles. The van der Waals surface area contributed by atoms with Gasteiger partial charge in [-0.1, -0.05) is 18.2 Å². The summed E-state index contributed by atoms with van der Waals surface area (Å²) in [6.45, 7) is 1.90. The number of carbonyl (C=O) groups excluding carboxylic acids is 1. The fourth-order valence-electron chi connectivity index (χ4n) is 5.72. The molecule has 0 saturated carbocycles. The smallest absolute Gasteiger partial charge is 0.300 e. The number of ketones is 1. The number of nitrogens with zero attached hydrogens (tertiary/aromatic N) is 1. The first-order valence-corrected chi connectivity index (χ1v) is 14.2. The first kappa shape index (κ1) is 29.2. The van der Waals surface area contributed by atoms with Crippen LogP contribution in [0.1, 0.15) is 42.9 Å². The van der Waals surface area contributed by atoms with Crippen LogP contribution in [0.25, 0.3) is 0 Å². The summed E-state index contributed by atoms with van der Waals surface area (Å²) in [7, 11) is -4.24. The highest BCUT2D eigenvalue weighted by molar-refractivity contribution is 14.1. The number of Topliss-reactive ketones (excluding diaryl/α,β-unsaturated/α-hetero) is 1. The Morgan fingerprint density at radius 3 is 2.18 bits per heavy atom. The van der Waals surface area contributed by atoms with Crippen LogP contribution in [0.2, 0.25) is 0 Å². The molecule has 0 radical (unpaired) electrons. The molecule has 2 aromatic carbocycles. The fraction of sp³-hybridized carbons (Fsp3) is 0.480. The van der Waals surface area contributed by atoms with Gasteiger partial charge in [0.15, 0.2) is 9.84 Å². The predicted molar refractivity (Wildman–Crippen MR) is 133 cm³/mol. The maximum Gasteiger partial charge on any atom is 0.435 e. The van der Waals surface area contributed by atoms with Gasteiger partial charge in [-0.3, -0.25) is 9.69 Å². The van der Waals surface area contributed by atoms with Gasteiger partial charge in [-0.2, -0.15) is 26.3 Å². The summed E-state index contributed by atoms with van der Waals surface area (Å²) in [6.07, 6.45) is -12.4. The van der Waals surface area contributed by atoms with Crippen LogP contribution in [0.5, 0.6) is 0 Å². The molecule has 0 amide bonds. The molecular weight excluding hydrogens is 654 g/mol. The van der Waals surface area contributed by atoms with Gasteiger partial charge in [0.1, 0.15) is 10.5 Å². The van der Waals surface area contributed by atoms with E-state index >= 15 is 0 Å². The zero-order valence-corrected chi connectivity index (χ0v) is 22.9. The third-order valence-corrected chi connectivity index (χ3v) is 10.8. The van der Waals surface area contributed by atoms with Crippen LogP contribution >= 0.6 is 22.6 Å². The lowest BCUT2D eigenvalue weighted by Crippen LogP contribution is -2.52. The van der Waals surface area contributed by atoms with Crippen LogP contribution in [-0.4, -0.2) is 50.6 Å². The third-order valence-electron chi connectivity index (χ3n) is 7.53. The van der Waals surface area contributed by atoms with Crippen LogP contribution < -0.4 is 0 Å². The third kappa shape index (κ3) is 4.45. The Hall–Kier alpha value is -1.74. The van der Waals surface area contributed by atoms with Crippen molar-refractivity contribution in [3.8, 4) is 0 Å². The van der Waals surface area contributed by atoms with Gasteiger partial charge in [0.05, 0.1) is 4.90 Å². The van der Waals surface area contributed by atoms with Gasteiger partial charge < -0.3 is 0 Å². The van der Waals surface area contributed by atoms with Crippen molar-refractivity contribution in [3.63, 3.8) is 0 Å². The topological polar surface area (TPSA) is 54.5 Å². The van der Waals surface area contributed by atoms with E-state index in [4.69, 9.17) is 0 Å². The summed E-state index contributed by atoms with van der Waals surface area (Å²) in [5, 5.41) is 0. The summed E-state index contributed by atoms with van der Waals surface area (Å²) in [4.78, 5) is 13.4. The monoisotopic (exact) mass is 677 g/mol. The standard InChI is InChI=1S/C25H23F7INO3S/c1-15(35)10-12-34-13-11-22(38(36,37)19-6-4-18(33)5-7-19)20-8-3-17(14-16(20)2-9-21(22)34)23(26,24(27,28)29)25(30,31)32/h3-8,14,21H,2,9-13H2,1H3/t21-,22-/m1/s1. The van der Waals surface area contributed by atoms with Crippen molar-refractivity contribution in [2.45, 2.75) is 66.3 Å². The van der Waals surface area contributed by atoms with Gasteiger partial charge in [0.2, 0.25) is 0 Å². The zero-order chi connectivity index (χ0) is 28.3. The van der Waals surface area contributed by atoms with Crippen LogP contribution in [0.4, 0.5) is 30.7 Å². The average molecular weight is 677 g/mol. The Bertz CT molecular complexity index is 1330. The second-order valence-corrected chi connectivity index (χ2v) is 13.1. The SMILES string of the molecule is CC(=O)CCN1CC[C@@]2(S(=O)(=O)c3ccc(I)cc3)c3ccc(C(F)(C(F)(F)F)C(F)(F)F)cc3CC[C@@H]12. The van der Waals surface area contributed by atoms with E-state index < -0.39 is 44.2 Å². The summed E-state index contributed by atoms with van der Waals surface area (Å²) >= 11 is 2.00. The number of alkyl halides is 7. The van der Waals surface area contributed by atoms with Gasteiger partial charge in [-0.05, 0) is 84.2 Å². The van der Waals surface area contributed by atoms with Gasteiger partial charge >= 0.3 is 18.0 Å². The van der Waals surface area contributed by atoms with Crippen LogP contribution in [0, 0.1) is 3.57 Å². The van der Waals surface area contributed by atoms with E-state index in [2.05, 4.69) is 0 Å². The minimum absolute atomic E-state index is 0.00947. The molecule has 0 bridgehead atoms. The molecule has 1 fully saturated rings. The molecule has 1 saturated heterocycles. The number of hydrogen-bond acceptors (Lipinski definition) is 4. The van der Waals surface area contributed by atoms with E-state index in [0.29, 0.717) is 12.1 Å². The number of fused-ring (bicyclic) bond motifs is 3.